The molecule has 0 aliphatic carbocycles. The SMILES string of the molecule is CCNC(=NCCCc1nnc2ccccn12)NC1CCN(C(=O)C(C)C)C1. The predicted molar refractivity (Wildman–Crippen MR) is 110 cm³/mol. The van der Waals surface area contributed by atoms with E-state index in [9.17, 15) is 4.79 Å². The van der Waals surface area contributed by atoms with Crippen molar-refractivity contribution in [3.8, 4) is 0 Å². The number of nitrogens with one attached hydrogen (secondary N) is 2. The molecule has 8 nitrogen and oxygen atoms in total. The molecule has 0 bridgehead atoms. The number of nitrogens with zero attached hydrogens (tertiary/aromatic N) is 5. The van der Waals surface area contributed by atoms with Crippen LogP contribution in [0.5, 0.6) is 0 Å². The molecule has 1 saturated heterocycles. The number of rotatable bonds is 7. The highest BCUT2D eigenvalue weighted by molar-refractivity contribution is 5.81. The first-order valence-corrected chi connectivity index (χ1v) is 10.2. The number of fused-ring (bicyclic) bond motifs is 1. The second-order valence-corrected chi connectivity index (χ2v) is 7.48. The van der Waals surface area contributed by atoms with E-state index >= 15 is 0 Å². The van der Waals surface area contributed by atoms with Gasteiger partial charge < -0.3 is 15.5 Å². The smallest absolute Gasteiger partial charge is 0.225 e. The van der Waals surface area contributed by atoms with Crippen molar-refractivity contribution in [1.82, 2.24) is 30.1 Å². The van der Waals surface area contributed by atoms with E-state index in [1.165, 1.54) is 0 Å². The van der Waals surface area contributed by atoms with Gasteiger partial charge in [-0.25, -0.2) is 0 Å². The van der Waals surface area contributed by atoms with Crippen molar-refractivity contribution in [2.45, 2.75) is 46.1 Å². The van der Waals surface area contributed by atoms with Gasteiger partial charge >= 0.3 is 0 Å². The number of carbonyl (C=O) groups excluding carboxylic acids is 1. The standard InChI is InChI=1S/C20H31N7O/c1-4-21-20(23-16-10-13-26(14-16)19(28)15(2)3)22-11-7-9-18-25-24-17-8-5-6-12-27(17)18/h5-6,8,12,15-16H,4,7,9-11,13-14H2,1-3H3,(H2,21,22,23). The van der Waals surface area contributed by atoms with E-state index in [4.69, 9.17) is 4.99 Å². The Bertz CT molecular complexity index is 814. The molecule has 1 aliphatic heterocycles. The molecule has 1 aliphatic rings. The molecule has 0 radical (unpaired) electrons. The molecule has 2 aromatic rings. The van der Waals surface area contributed by atoms with E-state index in [0.717, 1.165) is 56.3 Å². The first-order chi connectivity index (χ1) is 13.6. The normalized spacial score (nSPS) is 17.5. The van der Waals surface area contributed by atoms with Crippen LogP contribution in [0, 0.1) is 5.92 Å². The van der Waals surface area contributed by atoms with Crippen LogP contribution in [-0.4, -0.2) is 63.6 Å². The number of aromatic nitrogens is 3. The average molecular weight is 386 g/mol. The fourth-order valence-electron chi connectivity index (χ4n) is 3.45. The molecule has 8 heteroatoms. The van der Waals surface area contributed by atoms with E-state index < -0.39 is 0 Å². The van der Waals surface area contributed by atoms with E-state index in [2.05, 4.69) is 27.8 Å². The van der Waals surface area contributed by atoms with Gasteiger partial charge in [0.25, 0.3) is 0 Å². The van der Waals surface area contributed by atoms with E-state index in [1.807, 2.05) is 47.5 Å². The largest absolute Gasteiger partial charge is 0.357 e. The Morgan fingerprint density at radius 3 is 3.00 bits per heavy atom. The lowest BCUT2D eigenvalue weighted by molar-refractivity contribution is -0.133. The minimum Gasteiger partial charge on any atom is -0.357 e. The quantitative estimate of drug-likeness (QED) is 0.428. The number of guanidine groups is 1. The summed E-state index contributed by atoms with van der Waals surface area (Å²) in [7, 11) is 0. The van der Waals surface area contributed by atoms with Gasteiger partial charge in [-0.2, -0.15) is 0 Å². The van der Waals surface area contributed by atoms with Gasteiger partial charge in [0.2, 0.25) is 5.91 Å². The molecule has 2 aromatic heterocycles. The Morgan fingerprint density at radius 1 is 1.36 bits per heavy atom. The minimum atomic E-state index is 0.0499. The van der Waals surface area contributed by atoms with E-state index in [-0.39, 0.29) is 17.9 Å². The molecule has 1 amide bonds. The van der Waals surface area contributed by atoms with Crippen LogP contribution in [0.25, 0.3) is 5.65 Å². The van der Waals surface area contributed by atoms with Crippen LogP contribution in [0.15, 0.2) is 29.4 Å². The lowest BCUT2D eigenvalue weighted by Gasteiger charge is -2.20. The van der Waals surface area contributed by atoms with Crippen molar-refractivity contribution >= 4 is 17.5 Å². The summed E-state index contributed by atoms with van der Waals surface area (Å²) in [5, 5.41) is 15.2. The Morgan fingerprint density at radius 2 is 2.21 bits per heavy atom. The minimum absolute atomic E-state index is 0.0499. The summed E-state index contributed by atoms with van der Waals surface area (Å²) in [6.07, 6.45) is 4.67. The molecule has 2 N–H and O–H groups in total. The summed E-state index contributed by atoms with van der Waals surface area (Å²) < 4.78 is 2.02. The first-order valence-electron chi connectivity index (χ1n) is 10.2. The van der Waals surface area contributed by atoms with Gasteiger partial charge in [-0.1, -0.05) is 19.9 Å². The van der Waals surface area contributed by atoms with Crippen LogP contribution < -0.4 is 10.6 Å². The van der Waals surface area contributed by atoms with Gasteiger partial charge in [0.15, 0.2) is 11.6 Å². The third-order valence-corrected chi connectivity index (χ3v) is 4.89. The summed E-state index contributed by atoms with van der Waals surface area (Å²) in [5.41, 5.74) is 0.873. The number of aliphatic imine (C=N–C) groups is 1. The van der Waals surface area contributed by atoms with Gasteiger partial charge in [-0.15, -0.1) is 10.2 Å². The summed E-state index contributed by atoms with van der Waals surface area (Å²) in [4.78, 5) is 18.8. The number of amides is 1. The Hall–Kier alpha value is -2.64. The molecule has 1 fully saturated rings. The van der Waals surface area contributed by atoms with Crippen molar-refractivity contribution in [3.05, 3.63) is 30.2 Å². The summed E-state index contributed by atoms with van der Waals surface area (Å²) >= 11 is 0. The maximum atomic E-state index is 12.2. The van der Waals surface area contributed by atoms with Gasteiger partial charge in [-0.05, 0) is 31.9 Å². The number of carbonyl (C=O) groups is 1. The first kappa shape index (κ1) is 20.1. The molecule has 28 heavy (non-hydrogen) atoms. The Kier molecular flexibility index (Phi) is 6.84. The molecule has 0 saturated carbocycles. The van der Waals surface area contributed by atoms with Crippen LogP contribution in [0.3, 0.4) is 0 Å². The molecule has 3 heterocycles. The van der Waals surface area contributed by atoms with Crippen LogP contribution in [0.4, 0.5) is 0 Å². The number of aryl methyl sites for hydroxylation is 1. The Balaban J connectivity index is 1.50. The molecule has 1 unspecified atom stereocenters. The Labute approximate surface area is 166 Å². The van der Waals surface area contributed by atoms with Crippen molar-refractivity contribution < 1.29 is 4.79 Å². The fourth-order valence-corrected chi connectivity index (χ4v) is 3.45. The molecule has 152 valence electrons. The second-order valence-electron chi connectivity index (χ2n) is 7.48. The second kappa shape index (κ2) is 9.52. The average Bonchev–Trinajstić information content (AvgIpc) is 3.32. The topological polar surface area (TPSA) is 86.9 Å². The maximum Gasteiger partial charge on any atom is 0.225 e. The molecular formula is C20H31N7O. The molecule has 0 aromatic carbocycles. The lowest BCUT2D eigenvalue weighted by atomic mass is 10.2. The molecule has 3 rings (SSSR count). The van der Waals surface area contributed by atoms with Crippen molar-refractivity contribution in [3.63, 3.8) is 0 Å². The molecule has 1 atom stereocenters. The van der Waals surface area contributed by atoms with Crippen LogP contribution in [-0.2, 0) is 11.2 Å². The molecule has 0 spiro atoms. The maximum absolute atomic E-state index is 12.2. The summed E-state index contributed by atoms with van der Waals surface area (Å²) in [5.74, 6) is 2.06. The highest BCUT2D eigenvalue weighted by atomic mass is 16.2. The van der Waals surface area contributed by atoms with Gasteiger partial charge in [0, 0.05) is 50.8 Å². The zero-order valence-electron chi connectivity index (χ0n) is 17.1. The number of likely N-dealkylation sites (tertiary alicyclic amines) is 1. The monoisotopic (exact) mass is 385 g/mol. The van der Waals surface area contributed by atoms with Crippen molar-refractivity contribution in [2.24, 2.45) is 10.9 Å². The highest BCUT2D eigenvalue weighted by Gasteiger charge is 2.27. The highest BCUT2D eigenvalue weighted by Crippen LogP contribution is 2.12. The predicted octanol–water partition coefficient (Wildman–Crippen LogP) is 1.47. The fraction of sp³-hybridized carbons (Fsp3) is 0.600. The van der Waals surface area contributed by atoms with E-state index in [1.54, 1.807) is 0 Å². The molecular weight excluding hydrogens is 354 g/mol. The van der Waals surface area contributed by atoms with Crippen molar-refractivity contribution in [2.75, 3.05) is 26.2 Å². The van der Waals surface area contributed by atoms with Crippen LogP contribution in [0.1, 0.15) is 39.4 Å². The van der Waals surface area contributed by atoms with Crippen molar-refractivity contribution in [1.29, 1.82) is 0 Å². The van der Waals surface area contributed by atoms with Crippen LogP contribution in [0.2, 0.25) is 0 Å². The lowest BCUT2D eigenvalue weighted by Crippen LogP contribution is -2.45. The zero-order chi connectivity index (χ0) is 19.9. The summed E-state index contributed by atoms with van der Waals surface area (Å²) in [6, 6.07) is 6.16. The third kappa shape index (κ3) is 4.99. The number of hydrogen-bond donors (Lipinski definition) is 2. The third-order valence-electron chi connectivity index (χ3n) is 4.89. The summed E-state index contributed by atoms with van der Waals surface area (Å²) in [6.45, 7) is 9.03. The zero-order valence-corrected chi connectivity index (χ0v) is 17.1. The van der Waals surface area contributed by atoms with E-state index in [0.29, 0.717) is 6.54 Å². The number of hydrogen-bond acceptors (Lipinski definition) is 4. The number of pyridine rings is 1. The van der Waals surface area contributed by atoms with Gasteiger partial charge in [0.05, 0.1) is 0 Å². The van der Waals surface area contributed by atoms with Crippen LogP contribution >= 0.6 is 0 Å². The van der Waals surface area contributed by atoms with Gasteiger partial charge in [-0.3, -0.25) is 14.2 Å². The van der Waals surface area contributed by atoms with Gasteiger partial charge in [0.1, 0.15) is 5.82 Å².